The third-order valence-electron chi connectivity index (χ3n) is 2.00. The molecule has 0 aliphatic heterocycles. The zero-order valence-corrected chi connectivity index (χ0v) is 9.01. The minimum absolute atomic E-state index is 0.0741. The Morgan fingerprint density at radius 2 is 2.19 bits per heavy atom. The number of nitrogens with one attached hydrogen (secondary N) is 1. The topological polar surface area (TPSA) is 98.9 Å². The molecule has 0 saturated heterocycles. The highest BCUT2D eigenvalue weighted by Crippen LogP contribution is 2.09. The van der Waals surface area contributed by atoms with Gasteiger partial charge in [-0.25, -0.2) is 14.8 Å². The van der Waals surface area contributed by atoms with Crippen LogP contribution in [0.1, 0.15) is 19.5 Å². The van der Waals surface area contributed by atoms with E-state index in [0.29, 0.717) is 5.82 Å². The lowest BCUT2D eigenvalue weighted by atomic mass is 10.1. The largest absolute Gasteiger partial charge is 0.480 e. The predicted molar refractivity (Wildman–Crippen MR) is 56.6 cm³/mol. The number of nitrogens with zero attached hydrogens (tertiary/aromatic N) is 3. The molecule has 1 rings (SSSR count). The molecule has 1 aromatic heterocycles. The lowest BCUT2D eigenvalue weighted by Gasteiger charge is -2.17. The molecular weight excluding hydrogens is 208 g/mol. The van der Waals surface area contributed by atoms with E-state index in [1.54, 1.807) is 13.8 Å². The molecule has 1 aromatic rings. The van der Waals surface area contributed by atoms with Gasteiger partial charge in [-0.3, -0.25) is 0 Å². The number of hydrogen-bond acceptors (Lipinski definition) is 5. The van der Waals surface area contributed by atoms with Gasteiger partial charge >= 0.3 is 5.97 Å². The number of carbonyl (C=O) groups is 1. The Morgan fingerprint density at radius 1 is 1.50 bits per heavy atom. The van der Waals surface area contributed by atoms with Crippen molar-refractivity contribution in [2.24, 2.45) is 5.92 Å². The van der Waals surface area contributed by atoms with Crippen molar-refractivity contribution in [2.45, 2.75) is 19.9 Å². The van der Waals surface area contributed by atoms with E-state index in [2.05, 4.69) is 15.3 Å². The summed E-state index contributed by atoms with van der Waals surface area (Å²) in [6.07, 6.45) is 2.64. The van der Waals surface area contributed by atoms with Crippen LogP contribution in [-0.4, -0.2) is 27.1 Å². The minimum Gasteiger partial charge on any atom is -0.480 e. The molecule has 2 N–H and O–H groups in total. The van der Waals surface area contributed by atoms with Crippen LogP contribution in [0.5, 0.6) is 0 Å². The van der Waals surface area contributed by atoms with Crippen LogP contribution in [0.15, 0.2) is 12.4 Å². The molecule has 0 aliphatic rings. The standard InChI is InChI=1S/C10H12N4O2/c1-6(2)9(10(15)16)14-8-5-12-7(3-11)4-13-8/h4-6,9H,1-2H3,(H,13,14)(H,15,16)/t9-/m1/s1. The summed E-state index contributed by atoms with van der Waals surface area (Å²) < 4.78 is 0. The molecule has 0 spiro atoms. The van der Waals surface area contributed by atoms with Gasteiger partial charge in [0.15, 0.2) is 5.69 Å². The van der Waals surface area contributed by atoms with E-state index < -0.39 is 12.0 Å². The van der Waals surface area contributed by atoms with Gasteiger partial charge in [0, 0.05) is 0 Å². The molecule has 1 atom stereocenters. The second kappa shape index (κ2) is 5.07. The second-order valence-corrected chi connectivity index (χ2v) is 3.60. The summed E-state index contributed by atoms with van der Waals surface area (Å²) in [7, 11) is 0. The second-order valence-electron chi connectivity index (χ2n) is 3.60. The van der Waals surface area contributed by atoms with Crippen LogP contribution in [-0.2, 0) is 4.79 Å². The maximum absolute atomic E-state index is 10.9. The number of aliphatic carboxylic acids is 1. The Balaban J connectivity index is 2.78. The van der Waals surface area contributed by atoms with Gasteiger partial charge in [0.2, 0.25) is 0 Å². The molecule has 0 saturated carbocycles. The Kier molecular flexibility index (Phi) is 3.78. The maximum Gasteiger partial charge on any atom is 0.326 e. The fraction of sp³-hybridized carbons (Fsp3) is 0.400. The third kappa shape index (κ3) is 2.92. The van der Waals surface area contributed by atoms with E-state index in [1.165, 1.54) is 12.4 Å². The molecule has 16 heavy (non-hydrogen) atoms. The summed E-state index contributed by atoms with van der Waals surface area (Å²) in [4.78, 5) is 18.6. The fourth-order valence-corrected chi connectivity index (χ4v) is 1.13. The molecule has 0 unspecified atom stereocenters. The van der Waals surface area contributed by atoms with Crippen molar-refractivity contribution in [2.75, 3.05) is 5.32 Å². The molecule has 0 aliphatic carbocycles. The van der Waals surface area contributed by atoms with Gasteiger partial charge in [-0.2, -0.15) is 5.26 Å². The van der Waals surface area contributed by atoms with Gasteiger partial charge in [0.05, 0.1) is 12.4 Å². The Labute approximate surface area is 93.0 Å². The lowest BCUT2D eigenvalue weighted by molar-refractivity contribution is -0.138. The number of anilines is 1. The van der Waals surface area contributed by atoms with Crippen LogP contribution in [0, 0.1) is 17.2 Å². The number of carboxylic acids is 1. The van der Waals surface area contributed by atoms with Crippen molar-refractivity contribution >= 4 is 11.8 Å². The van der Waals surface area contributed by atoms with Crippen molar-refractivity contribution in [3.63, 3.8) is 0 Å². The summed E-state index contributed by atoms with van der Waals surface area (Å²) in [5.74, 6) is -0.670. The van der Waals surface area contributed by atoms with E-state index in [-0.39, 0.29) is 11.6 Å². The number of nitriles is 1. The number of hydrogen-bond donors (Lipinski definition) is 2. The summed E-state index contributed by atoms with van der Waals surface area (Å²) >= 11 is 0. The van der Waals surface area contributed by atoms with Crippen LogP contribution in [0.2, 0.25) is 0 Å². The highest BCUT2D eigenvalue weighted by molar-refractivity contribution is 5.77. The van der Waals surface area contributed by atoms with E-state index in [0.717, 1.165) is 0 Å². The molecular formula is C10H12N4O2. The Hall–Kier alpha value is -2.16. The van der Waals surface area contributed by atoms with Crippen molar-refractivity contribution < 1.29 is 9.90 Å². The zero-order valence-electron chi connectivity index (χ0n) is 9.01. The van der Waals surface area contributed by atoms with Crippen molar-refractivity contribution in [3.8, 4) is 6.07 Å². The van der Waals surface area contributed by atoms with Gasteiger partial charge in [-0.05, 0) is 5.92 Å². The molecule has 0 radical (unpaired) electrons. The maximum atomic E-state index is 10.9. The molecule has 0 aromatic carbocycles. The van der Waals surface area contributed by atoms with Gasteiger partial charge in [-0.1, -0.05) is 13.8 Å². The van der Waals surface area contributed by atoms with Crippen LogP contribution < -0.4 is 5.32 Å². The van der Waals surface area contributed by atoms with Crippen LogP contribution in [0.3, 0.4) is 0 Å². The van der Waals surface area contributed by atoms with Crippen LogP contribution >= 0.6 is 0 Å². The van der Waals surface area contributed by atoms with E-state index in [4.69, 9.17) is 10.4 Å². The van der Waals surface area contributed by atoms with Gasteiger partial charge in [-0.15, -0.1) is 0 Å². The van der Waals surface area contributed by atoms with E-state index in [1.807, 2.05) is 6.07 Å². The Morgan fingerprint density at radius 3 is 2.56 bits per heavy atom. The van der Waals surface area contributed by atoms with Crippen molar-refractivity contribution in [1.29, 1.82) is 5.26 Å². The summed E-state index contributed by atoms with van der Waals surface area (Å²) in [5.41, 5.74) is 0.196. The quantitative estimate of drug-likeness (QED) is 0.781. The van der Waals surface area contributed by atoms with Crippen LogP contribution in [0.4, 0.5) is 5.82 Å². The summed E-state index contributed by atoms with van der Waals surface area (Å²) in [6, 6.07) is 1.12. The summed E-state index contributed by atoms with van der Waals surface area (Å²) in [6.45, 7) is 3.59. The normalized spacial score (nSPS) is 11.9. The fourth-order valence-electron chi connectivity index (χ4n) is 1.13. The average Bonchev–Trinajstić information content (AvgIpc) is 2.25. The molecule has 0 amide bonds. The van der Waals surface area contributed by atoms with Crippen LogP contribution in [0.25, 0.3) is 0 Å². The SMILES string of the molecule is CC(C)[C@@H](Nc1cnc(C#N)cn1)C(=O)O. The van der Waals surface area contributed by atoms with Gasteiger partial charge in [0.25, 0.3) is 0 Å². The first-order valence-corrected chi connectivity index (χ1v) is 4.76. The Bertz CT molecular complexity index is 408. The highest BCUT2D eigenvalue weighted by Gasteiger charge is 2.21. The highest BCUT2D eigenvalue weighted by atomic mass is 16.4. The number of aromatic nitrogens is 2. The first-order valence-electron chi connectivity index (χ1n) is 4.76. The molecule has 1 heterocycles. The predicted octanol–water partition coefficient (Wildman–Crippen LogP) is 0.869. The van der Waals surface area contributed by atoms with Crippen molar-refractivity contribution in [3.05, 3.63) is 18.1 Å². The average molecular weight is 220 g/mol. The monoisotopic (exact) mass is 220 g/mol. The molecule has 6 nitrogen and oxygen atoms in total. The van der Waals surface area contributed by atoms with E-state index >= 15 is 0 Å². The van der Waals surface area contributed by atoms with Crippen molar-refractivity contribution in [1.82, 2.24) is 9.97 Å². The molecule has 84 valence electrons. The first-order chi connectivity index (χ1) is 7.54. The zero-order chi connectivity index (χ0) is 12.1. The smallest absolute Gasteiger partial charge is 0.326 e. The van der Waals surface area contributed by atoms with Gasteiger partial charge < -0.3 is 10.4 Å². The third-order valence-corrected chi connectivity index (χ3v) is 2.00. The summed E-state index contributed by atoms with van der Waals surface area (Å²) in [5, 5.41) is 20.2. The molecule has 0 fully saturated rings. The molecule has 0 bridgehead atoms. The number of carboxylic acid groups (broad SMARTS) is 1. The lowest BCUT2D eigenvalue weighted by Crippen LogP contribution is -2.34. The minimum atomic E-state index is -0.943. The molecule has 6 heteroatoms. The first kappa shape index (κ1) is 11.9. The number of rotatable bonds is 4. The van der Waals surface area contributed by atoms with E-state index in [9.17, 15) is 4.79 Å². The van der Waals surface area contributed by atoms with Gasteiger partial charge in [0.1, 0.15) is 17.9 Å².